The number of nitrogens with one attached hydrogen (secondary N) is 1. The third-order valence-electron chi connectivity index (χ3n) is 2.38. The van der Waals surface area contributed by atoms with E-state index < -0.39 is 17.4 Å². The van der Waals surface area contributed by atoms with Crippen molar-refractivity contribution >= 4 is 11.9 Å². The fourth-order valence-electron chi connectivity index (χ4n) is 1.39. The molecule has 0 heterocycles. The number of methoxy groups -OCH3 is 1. The van der Waals surface area contributed by atoms with Crippen LogP contribution in [-0.2, 0) is 9.53 Å². The highest BCUT2D eigenvalue weighted by Gasteiger charge is 2.30. The van der Waals surface area contributed by atoms with Crippen LogP contribution in [0.3, 0.4) is 0 Å². The predicted molar refractivity (Wildman–Crippen MR) is 64.7 cm³/mol. The Morgan fingerprint density at radius 1 is 1.39 bits per heavy atom. The van der Waals surface area contributed by atoms with Crippen LogP contribution in [0, 0.1) is 11.3 Å². The molecule has 18 heavy (non-hydrogen) atoms. The molecule has 5 heteroatoms. The molecule has 0 aliphatic carbocycles. The van der Waals surface area contributed by atoms with Gasteiger partial charge in [-0.3, -0.25) is 4.79 Å². The van der Waals surface area contributed by atoms with Crippen LogP contribution in [0.15, 0.2) is 24.3 Å². The van der Waals surface area contributed by atoms with Crippen LogP contribution in [0.5, 0.6) is 0 Å². The minimum absolute atomic E-state index is 0.325. The zero-order valence-corrected chi connectivity index (χ0v) is 10.5. The summed E-state index contributed by atoms with van der Waals surface area (Å²) in [5.41, 5.74) is -0.404. The summed E-state index contributed by atoms with van der Waals surface area (Å²) in [4.78, 5) is 23.4. The van der Waals surface area contributed by atoms with E-state index in [2.05, 4.69) is 10.1 Å². The Hall–Kier alpha value is -2.35. The molecule has 0 aromatic heterocycles. The molecule has 0 radical (unpaired) electrons. The Morgan fingerprint density at radius 2 is 2.06 bits per heavy atom. The summed E-state index contributed by atoms with van der Waals surface area (Å²) < 4.78 is 4.59. The molecule has 1 rings (SSSR count). The molecule has 1 aromatic carbocycles. The third-order valence-corrected chi connectivity index (χ3v) is 2.38. The summed E-state index contributed by atoms with van der Waals surface area (Å²) in [6, 6.07) is 8.19. The quantitative estimate of drug-likeness (QED) is 0.814. The largest absolute Gasteiger partial charge is 0.467 e. The van der Waals surface area contributed by atoms with Gasteiger partial charge in [0.1, 0.15) is 5.54 Å². The van der Waals surface area contributed by atoms with Gasteiger partial charge in [0.25, 0.3) is 5.91 Å². The smallest absolute Gasteiger partial charge is 0.330 e. The average molecular weight is 246 g/mol. The van der Waals surface area contributed by atoms with Crippen molar-refractivity contribution in [2.75, 3.05) is 7.11 Å². The second-order valence-electron chi connectivity index (χ2n) is 4.26. The lowest BCUT2D eigenvalue weighted by molar-refractivity contribution is -0.146. The van der Waals surface area contributed by atoms with E-state index in [4.69, 9.17) is 5.26 Å². The molecule has 0 spiro atoms. The molecule has 0 unspecified atom stereocenters. The molecule has 1 amide bonds. The predicted octanol–water partition coefficient (Wildman–Crippen LogP) is 1.24. The van der Waals surface area contributed by atoms with Crippen LogP contribution in [0.1, 0.15) is 29.8 Å². The van der Waals surface area contributed by atoms with Crippen LogP contribution in [-0.4, -0.2) is 24.5 Å². The first-order valence-corrected chi connectivity index (χ1v) is 5.32. The van der Waals surface area contributed by atoms with E-state index in [1.807, 2.05) is 6.07 Å². The number of carbonyl (C=O) groups is 2. The monoisotopic (exact) mass is 246 g/mol. The minimum atomic E-state index is -1.12. The minimum Gasteiger partial charge on any atom is -0.467 e. The van der Waals surface area contributed by atoms with Crippen LogP contribution in [0.4, 0.5) is 0 Å². The average Bonchev–Trinajstić information content (AvgIpc) is 2.37. The van der Waals surface area contributed by atoms with E-state index in [0.717, 1.165) is 0 Å². The van der Waals surface area contributed by atoms with E-state index >= 15 is 0 Å². The number of amides is 1. The van der Waals surface area contributed by atoms with Crippen molar-refractivity contribution < 1.29 is 14.3 Å². The molecular formula is C13H14N2O3. The maximum absolute atomic E-state index is 11.9. The van der Waals surface area contributed by atoms with Crippen molar-refractivity contribution in [1.29, 1.82) is 5.26 Å². The first-order valence-electron chi connectivity index (χ1n) is 5.32. The summed E-state index contributed by atoms with van der Waals surface area (Å²) in [6.07, 6.45) is 0. The number of nitriles is 1. The van der Waals surface area contributed by atoms with E-state index in [-0.39, 0.29) is 0 Å². The van der Waals surface area contributed by atoms with Gasteiger partial charge in [-0.25, -0.2) is 4.79 Å². The summed E-state index contributed by atoms with van der Waals surface area (Å²) in [6.45, 7) is 3.09. The van der Waals surface area contributed by atoms with Gasteiger partial charge in [0.2, 0.25) is 0 Å². The van der Waals surface area contributed by atoms with E-state index in [9.17, 15) is 9.59 Å². The highest BCUT2D eigenvalue weighted by Crippen LogP contribution is 2.09. The van der Waals surface area contributed by atoms with Crippen molar-refractivity contribution in [1.82, 2.24) is 5.32 Å². The number of esters is 1. The second-order valence-corrected chi connectivity index (χ2v) is 4.26. The highest BCUT2D eigenvalue weighted by molar-refractivity contribution is 5.98. The normalized spacial score (nSPS) is 10.3. The first-order chi connectivity index (χ1) is 8.40. The Bertz CT molecular complexity index is 515. The number of ether oxygens (including phenoxy) is 1. The molecule has 94 valence electrons. The number of carbonyl (C=O) groups excluding carboxylic acids is 2. The Labute approximate surface area is 105 Å². The highest BCUT2D eigenvalue weighted by atomic mass is 16.5. The fraction of sp³-hybridized carbons (Fsp3) is 0.308. The van der Waals surface area contributed by atoms with Gasteiger partial charge in [-0.15, -0.1) is 0 Å². The van der Waals surface area contributed by atoms with E-state index in [0.29, 0.717) is 11.1 Å². The molecule has 0 bridgehead atoms. The molecule has 0 fully saturated rings. The lowest BCUT2D eigenvalue weighted by Crippen LogP contribution is -2.50. The zero-order chi connectivity index (χ0) is 13.8. The van der Waals surface area contributed by atoms with Gasteiger partial charge in [-0.2, -0.15) is 5.26 Å². The third kappa shape index (κ3) is 3.08. The van der Waals surface area contributed by atoms with Crippen molar-refractivity contribution in [3.63, 3.8) is 0 Å². The van der Waals surface area contributed by atoms with Gasteiger partial charge in [0, 0.05) is 5.56 Å². The van der Waals surface area contributed by atoms with Crippen LogP contribution < -0.4 is 5.32 Å². The van der Waals surface area contributed by atoms with Gasteiger partial charge in [-0.1, -0.05) is 6.07 Å². The topological polar surface area (TPSA) is 79.2 Å². The fourth-order valence-corrected chi connectivity index (χ4v) is 1.39. The first kappa shape index (κ1) is 13.7. The van der Waals surface area contributed by atoms with Crippen molar-refractivity contribution in [2.45, 2.75) is 19.4 Å². The molecule has 0 aliphatic heterocycles. The van der Waals surface area contributed by atoms with Crippen molar-refractivity contribution in [2.24, 2.45) is 0 Å². The second kappa shape index (κ2) is 5.32. The van der Waals surface area contributed by atoms with E-state index in [1.165, 1.54) is 13.2 Å². The molecule has 0 saturated carbocycles. The number of nitrogens with zero attached hydrogens (tertiary/aromatic N) is 1. The standard InChI is InChI=1S/C13H14N2O3/c1-13(2,12(17)18-3)15-11(16)10-6-4-5-9(7-10)8-14/h4-7H,1-3H3,(H,15,16). The summed E-state index contributed by atoms with van der Waals surface area (Å²) in [7, 11) is 1.26. The zero-order valence-electron chi connectivity index (χ0n) is 10.5. The van der Waals surface area contributed by atoms with Crippen LogP contribution >= 0.6 is 0 Å². The van der Waals surface area contributed by atoms with Gasteiger partial charge in [0.05, 0.1) is 18.7 Å². The maximum atomic E-state index is 11.9. The molecule has 0 saturated heterocycles. The van der Waals surface area contributed by atoms with E-state index in [1.54, 1.807) is 32.0 Å². The number of hydrogen-bond acceptors (Lipinski definition) is 4. The van der Waals surface area contributed by atoms with Gasteiger partial charge < -0.3 is 10.1 Å². The van der Waals surface area contributed by atoms with Gasteiger partial charge in [0.15, 0.2) is 0 Å². The van der Waals surface area contributed by atoms with Gasteiger partial charge >= 0.3 is 5.97 Å². The Morgan fingerprint density at radius 3 is 2.61 bits per heavy atom. The molecule has 1 N–H and O–H groups in total. The Balaban J connectivity index is 2.89. The summed E-state index contributed by atoms with van der Waals surface area (Å²) >= 11 is 0. The Kier molecular flexibility index (Phi) is 4.05. The number of rotatable bonds is 3. The number of hydrogen-bond donors (Lipinski definition) is 1. The molecule has 0 aliphatic rings. The SMILES string of the molecule is COC(=O)C(C)(C)NC(=O)c1cccc(C#N)c1. The molecule has 0 atom stereocenters. The molecule has 1 aromatic rings. The van der Waals surface area contributed by atoms with Crippen LogP contribution in [0.25, 0.3) is 0 Å². The molecule has 5 nitrogen and oxygen atoms in total. The van der Waals surface area contributed by atoms with Crippen molar-refractivity contribution in [3.05, 3.63) is 35.4 Å². The van der Waals surface area contributed by atoms with Gasteiger partial charge in [-0.05, 0) is 32.0 Å². The summed E-state index contributed by atoms with van der Waals surface area (Å²) in [5.74, 6) is -0.963. The summed E-state index contributed by atoms with van der Waals surface area (Å²) in [5, 5.41) is 11.3. The lowest BCUT2D eigenvalue weighted by Gasteiger charge is -2.23. The molecular weight excluding hydrogens is 232 g/mol. The lowest BCUT2D eigenvalue weighted by atomic mass is 10.0. The maximum Gasteiger partial charge on any atom is 0.330 e. The van der Waals surface area contributed by atoms with Crippen LogP contribution in [0.2, 0.25) is 0 Å². The number of benzene rings is 1. The van der Waals surface area contributed by atoms with Crippen molar-refractivity contribution in [3.8, 4) is 6.07 Å².